The monoisotopic (exact) mass is 267 g/mol. The molecule has 1 saturated carbocycles. The van der Waals surface area contributed by atoms with Crippen LogP contribution in [0.3, 0.4) is 0 Å². The van der Waals surface area contributed by atoms with Crippen molar-refractivity contribution in [3.05, 3.63) is 21.4 Å². The Morgan fingerprint density at radius 3 is 2.61 bits per heavy atom. The van der Waals surface area contributed by atoms with Gasteiger partial charge in [0.25, 0.3) is 5.91 Å². The van der Waals surface area contributed by atoms with E-state index in [-0.39, 0.29) is 18.1 Å². The van der Waals surface area contributed by atoms with Crippen molar-refractivity contribution in [1.82, 2.24) is 4.90 Å². The van der Waals surface area contributed by atoms with Gasteiger partial charge in [-0.2, -0.15) is 0 Å². The Kier molecular flexibility index (Phi) is 4.07. The normalized spacial score (nSPS) is 24.0. The van der Waals surface area contributed by atoms with Crippen LogP contribution in [0.1, 0.15) is 45.8 Å². The molecule has 1 fully saturated rings. The molecule has 18 heavy (non-hydrogen) atoms. The molecule has 1 amide bonds. The molecule has 3 nitrogen and oxygen atoms in total. The van der Waals surface area contributed by atoms with Crippen molar-refractivity contribution in [1.29, 1.82) is 0 Å². The van der Waals surface area contributed by atoms with Gasteiger partial charge in [-0.3, -0.25) is 4.79 Å². The van der Waals surface area contributed by atoms with Crippen LogP contribution in [-0.4, -0.2) is 35.1 Å². The molecule has 0 spiro atoms. The second kappa shape index (κ2) is 5.41. The van der Waals surface area contributed by atoms with E-state index in [1.165, 1.54) is 10.4 Å². The van der Waals surface area contributed by atoms with Gasteiger partial charge in [0.2, 0.25) is 0 Å². The zero-order chi connectivity index (χ0) is 13.3. The van der Waals surface area contributed by atoms with Crippen molar-refractivity contribution in [2.45, 2.75) is 51.7 Å². The Hall–Kier alpha value is -0.870. The summed E-state index contributed by atoms with van der Waals surface area (Å²) in [4.78, 5) is 16.1. The molecule has 2 unspecified atom stereocenters. The number of likely N-dealkylation sites (N-methyl/N-ethyl adjacent to an activating group) is 1. The number of aliphatic hydroxyl groups excluding tert-OH is 1. The van der Waals surface area contributed by atoms with Gasteiger partial charge in [-0.25, -0.2) is 0 Å². The third-order valence-electron chi connectivity index (χ3n) is 3.89. The lowest BCUT2D eigenvalue weighted by atomic mass is 9.91. The zero-order valence-corrected chi connectivity index (χ0v) is 12.1. The maximum Gasteiger partial charge on any atom is 0.264 e. The van der Waals surface area contributed by atoms with Crippen LogP contribution in [0.2, 0.25) is 0 Å². The van der Waals surface area contributed by atoms with Gasteiger partial charge in [0.05, 0.1) is 17.0 Å². The van der Waals surface area contributed by atoms with Crippen molar-refractivity contribution in [2.75, 3.05) is 7.05 Å². The first-order chi connectivity index (χ1) is 8.50. The van der Waals surface area contributed by atoms with Crippen LogP contribution in [0, 0.1) is 13.8 Å². The lowest BCUT2D eigenvalue weighted by molar-refractivity contribution is 0.0271. The number of carbonyl (C=O) groups excluding carboxylic acids is 1. The maximum atomic E-state index is 12.4. The number of carbonyl (C=O) groups is 1. The SMILES string of the molecule is Cc1cc(C(=O)N(C)C2CCCCC2O)sc1C. The van der Waals surface area contributed by atoms with E-state index in [2.05, 4.69) is 0 Å². The molecule has 0 aliphatic heterocycles. The average molecular weight is 267 g/mol. The lowest BCUT2D eigenvalue weighted by Crippen LogP contribution is -2.46. The number of rotatable bonds is 2. The molecule has 1 aromatic heterocycles. The summed E-state index contributed by atoms with van der Waals surface area (Å²) in [5.74, 6) is 0.0437. The first-order valence-corrected chi connectivity index (χ1v) is 7.34. The molecule has 1 aromatic rings. The van der Waals surface area contributed by atoms with Crippen LogP contribution in [0.4, 0.5) is 0 Å². The van der Waals surface area contributed by atoms with Crippen molar-refractivity contribution in [2.24, 2.45) is 0 Å². The summed E-state index contributed by atoms with van der Waals surface area (Å²) in [6.45, 7) is 4.06. The van der Waals surface area contributed by atoms with Crippen LogP contribution in [-0.2, 0) is 0 Å². The smallest absolute Gasteiger partial charge is 0.264 e. The molecular formula is C14H21NO2S. The van der Waals surface area contributed by atoms with Crippen molar-refractivity contribution in [3.8, 4) is 0 Å². The highest BCUT2D eigenvalue weighted by molar-refractivity contribution is 7.14. The van der Waals surface area contributed by atoms with Crippen molar-refractivity contribution >= 4 is 17.2 Å². The Labute approximate surface area is 112 Å². The second-order valence-corrected chi connectivity index (χ2v) is 6.44. The van der Waals surface area contributed by atoms with E-state index in [1.807, 2.05) is 27.0 Å². The Morgan fingerprint density at radius 2 is 2.06 bits per heavy atom. The molecule has 1 heterocycles. The third-order valence-corrected chi connectivity index (χ3v) is 5.03. The maximum absolute atomic E-state index is 12.4. The molecule has 100 valence electrons. The van der Waals surface area contributed by atoms with Crippen LogP contribution in [0.5, 0.6) is 0 Å². The number of hydrogen-bond donors (Lipinski definition) is 1. The number of thiophene rings is 1. The van der Waals surface area contributed by atoms with Gasteiger partial charge in [-0.15, -0.1) is 11.3 Å². The largest absolute Gasteiger partial charge is 0.391 e. The van der Waals surface area contributed by atoms with E-state index in [0.29, 0.717) is 0 Å². The molecule has 1 aliphatic rings. The van der Waals surface area contributed by atoms with Crippen LogP contribution in [0.25, 0.3) is 0 Å². The summed E-state index contributed by atoms with van der Waals surface area (Å²) in [7, 11) is 1.81. The standard InChI is InChI=1S/C14H21NO2S/c1-9-8-13(18-10(9)2)14(17)15(3)11-6-4-5-7-12(11)16/h8,11-12,16H,4-7H2,1-3H3. The van der Waals surface area contributed by atoms with Gasteiger partial charge in [0.1, 0.15) is 0 Å². The van der Waals surface area contributed by atoms with Crippen molar-refractivity contribution in [3.63, 3.8) is 0 Å². The second-order valence-electron chi connectivity index (χ2n) is 5.19. The van der Waals surface area contributed by atoms with Gasteiger partial charge in [-0.05, 0) is 38.3 Å². The summed E-state index contributed by atoms with van der Waals surface area (Å²) < 4.78 is 0. The van der Waals surface area contributed by atoms with E-state index in [1.54, 1.807) is 16.2 Å². The number of hydrogen-bond acceptors (Lipinski definition) is 3. The van der Waals surface area contributed by atoms with Gasteiger partial charge < -0.3 is 10.0 Å². The highest BCUT2D eigenvalue weighted by Crippen LogP contribution is 2.26. The van der Waals surface area contributed by atoms with Crippen LogP contribution in [0.15, 0.2) is 6.07 Å². The van der Waals surface area contributed by atoms with Crippen LogP contribution >= 0.6 is 11.3 Å². The minimum atomic E-state index is -0.366. The van der Waals surface area contributed by atoms with Crippen LogP contribution < -0.4 is 0 Å². The molecule has 0 saturated heterocycles. The quantitative estimate of drug-likeness (QED) is 0.895. The fraction of sp³-hybridized carbons (Fsp3) is 0.643. The minimum absolute atomic E-state index is 0.0195. The minimum Gasteiger partial charge on any atom is -0.391 e. The van der Waals surface area contributed by atoms with E-state index in [4.69, 9.17) is 0 Å². The van der Waals surface area contributed by atoms with E-state index in [9.17, 15) is 9.90 Å². The molecule has 2 atom stereocenters. The highest BCUT2D eigenvalue weighted by Gasteiger charge is 2.30. The molecular weight excluding hydrogens is 246 g/mol. The highest BCUT2D eigenvalue weighted by atomic mass is 32.1. The number of aliphatic hydroxyl groups is 1. The predicted molar refractivity (Wildman–Crippen MR) is 74.1 cm³/mol. The Bertz CT molecular complexity index is 422. The molecule has 1 aliphatic carbocycles. The average Bonchev–Trinajstić information content (AvgIpc) is 2.68. The van der Waals surface area contributed by atoms with Gasteiger partial charge >= 0.3 is 0 Å². The third kappa shape index (κ3) is 2.59. The fourth-order valence-corrected chi connectivity index (χ4v) is 3.56. The zero-order valence-electron chi connectivity index (χ0n) is 11.3. The van der Waals surface area contributed by atoms with Crippen molar-refractivity contribution < 1.29 is 9.90 Å². The lowest BCUT2D eigenvalue weighted by Gasteiger charge is -2.34. The van der Waals surface area contributed by atoms with Gasteiger partial charge in [-0.1, -0.05) is 12.8 Å². The summed E-state index contributed by atoms with van der Waals surface area (Å²) in [6.07, 6.45) is 3.52. The topological polar surface area (TPSA) is 40.5 Å². The van der Waals surface area contributed by atoms with Gasteiger partial charge in [0.15, 0.2) is 0 Å². The molecule has 2 rings (SSSR count). The molecule has 4 heteroatoms. The number of amides is 1. The molecule has 0 radical (unpaired) electrons. The Balaban J connectivity index is 2.12. The number of aryl methyl sites for hydroxylation is 2. The van der Waals surface area contributed by atoms with E-state index >= 15 is 0 Å². The number of nitrogens with zero attached hydrogens (tertiary/aromatic N) is 1. The molecule has 1 N–H and O–H groups in total. The summed E-state index contributed by atoms with van der Waals surface area (Å²) >= 11 is 1.54. The van der Waals surface area contributed by atoms with E-state index < -0.39 is 0 Å². The Morgan fingerprint density at radius 1 is 1.39 bits per heavy atom. The first-order valence-electron chi connectivity index (χ1n) is 6.53. The summed E-state index contributed by atoms with van der Waals surface area (Å²) in [5.41, 5.74) is 1.17. The summed E-state index contributed by atoms with van der Waals surface area (Å²) in [5, 5.41) is 10.0. The molecule has 0 aromatic carbocycles. The first kappa shape index (κ1) is 13.6. The van der Waals surface area contributed by atoms with E-state index in [0.717, 1.165) is 30.6 Å². The molecule has 0 bridgehead atoms. The van der Waals surface area contributed by atoms with Gasteiger partial charge in [0, 0.05) is 11.9 Å². The summed E-state index contributed by atoms with van der Waals surface area (Å²) in [6, 6.07) is 1.93. The predicted octanol–water partition coefficient (Wildman–Crippen LogP) is 2.74. The fourth-order valence-electron chi connectivity index (χ4n) is 2.55.